The van der Waals surface area contributed by atoms with Crippen molar-refractivity contribution in [1.29, 1.82) is 0 Å². The highest BCUT2D eigenvalue weighted by Gasteiger charge is 1.92. The summed E-state index contributed by atoms with van der Waals surface area (Å²) in [5.74, 6) is 6.46. The largest absolute Gasteiger partial charge is 0.481 e. The van der Waals surface area contributed by atoms with E-state index in [-0.39, 0.29) is 0 Å². The molecule has 0 unspecified atom stereocenters. The van der Waals surface area contributed by atoms with E-state index in [2.05, 4.69) is 17.2 Å². The van der Waals surface area contributed by atoms with Crippen LogP contribution in [0.5, 0.6) is 5.75 Å². The summed E-state index contributed by atoms with van der Waals surface area (Å²) in [6.45, 7) is 2.25. The van der Waals surface area contributed by atoms with E-state index in [0.717, 1.165) is 11.4 Å². The molecule has 0 atom stereocenters. The predicted molar refractivity (Wildman–Crippen MR) is 54.9 cm³/mol. The van der Waals surface area contributed by atoms with Crippen LogP contribution in [-0.4, -0.2) is 13.7 Å². The van der Waals surface area contributed by atoms with Gasteiger partial charge in [-0.05, 0) is 19.1 Å². The molecule has 0 saturated carbocycles. The lowest BCUT2D eigenvalue weighted by molar-refractivity contribution is 0.370. The van der Waals surface area contributed by atoms with Crippen LogP contribution >= 0.6 is 0 Å². The van der Waals surface area contributed by atoms with E-state index in [4.69, 9.17) is 4.74 Å². The van der Waals surface area contributed by atoms with Crippen LogP contribution in [0.2, 0.25) is 0 Å². The van der Waals surface area contributed by atoms with Crippen LogP contribution in [0, 0.1) is 11.8 Å². The summed E-state index contributed by atoms with van der Waals surface area (Å²) in [4.78, 5) is 0. The summed E-state index contributed by atoms with van der Waals surface area (Å²) in [5, 5.41) is 3.04. The van der Waals surface area contributed by atoms with Gasteiger partial charge in [-0.2, -0.15) is 0 Å². The quantitative estimate of drug-likeness (QED) is 0.710. The Morgan fingerprint density at radius 3 is 3.00 bits per heavy atom. The molecule has 0 aliphatic rings. The molecule has 0 aliphatic carbocycles. The summed E-state index contributed by atoms with van der Waals surface area (Å²) in [6.07, 6.45) is 0. The zero-order chi connectivity index (χ0) is 9.52. The number of hydrogen-bond donors (Lipinski definition) is 1. The molecule has 0 heterocycles. The third kappa shape index (κ3) is 3.08. The lowest BCUT2D eigenvalue weighted by Gasteiger charge is -2.04. The number of rotatable bonds is 3. The van der Waals surface area contributed by atoms with E-state index >= 15 is 0 Å². The Morgan fingerprint density at radius 2 is 2.31 bits per heavy atom. The van der Waals surface area contributed by atoms with Crippen molar-refractivity contribution < 1.29 is 4.74 Å². The van der Waals surface area contributed by atoms with Crippen molar-refractivity contribution in [2.45, 2.75) is 6.92 Å². The smallest absolute Gasteiger partial charge is 0.149 e. The fraction of sp³-hybridized carbons (Fsp3) is 0.273. The molecule has 0 fully saturated rings. The van der Waals surface area contributed by atoms with Gasteiger partial charge in [0, 0.05) is 18.8 Å². The van der Waals surface area contributed by atoms with Crippen molar-refractivity contribution in [2.24, 2.45) is 0 Å². The van der Waals surface area contributed by atoms with Crippen LogP contribution in [0.1, 0.15) is 6.92 Å². The molecule has 0 aliphatic heterocycles. The van der Waals surface area contributed by atoms with Gasteiger partial charge in [0.15, 0.2) is 0 Å². The highest BCUT2D eigenvalue weighted by atomic mass is 16.5. The maximum atomic E-state index is 5.38. The monoisotopic (exact) mass is 175 g/mol. The van der Waals surface area contributed by atoms with Gasteiger partial charge in [-0.25, -0.2) is 0 Å². The average Bonchev–Trinajstić information content (AvgIpc) is 2.19. The molecule has 0 bridgehead atoms. The van der Waals surface area contributed by atoms with E-state index < -0.39 is 0 Å². The molecule has 13 heavy (non-hydrogen) atoms. The van der Waals surface area contributed by atoms with Gasteiger partial charge in [0.05, 0.1) is 0 Å². The fourth-order valence-electron chi connectivity index (χ4n) is 0.933. The first kappa shape index (κ1) is 9.47. The van der Waals surface area contributed by atoms with E-state index in [1.165, 1.54) is 0 Å². The van der Waals surface area contributed by atoms with Crippen molar-refractivity contribution in [3.05, 3.63) is 24.3 Å². The van der Waals surface area contributed by atoms with Crippen molar-refractivity contribution >= 4 is 5.69 Å². The van der Waals surface area contributed by atoms with Crippen LogP contribution in [0.3, 0.4) is 0 Å². The number of anilines is 1. The molecule has 2 heteroatoms. The predicted octanol–water partition coefficient (Wildman–Crippen LogP) is 2.13. The lowest BCUT2D eigenvalue weighted by Crippen LogP contribution is -1.94. The van der Waals surface area contributed by atoms with Gasteiger partial charge in [0.1, 0.15) is 12.4 Å². The molecule has 1 aromatic carbocycles. The maximum Gasteiger partial charge on any atom is 0.149 e. The van der Waals surface area contributed by atoms with Crippen molar-refractivity contribution in [3.63, 3.8) is 0 Å². The highest BCUT2D eigenvalue weighted by molar-refractivity contribution is 5.47. The van der Waals surface area contributed by atoms with Gasteiger partial charge in [-0.3, -0.25) is 0 Å². The van der Waals surface area contributed by atoms with Crippen LogP contribution < -0.4 is 10.1 Å². The average molecular weight is 175 g/mol. The second kappa shape index (κ2) is 5.10. The van der Waals surface area contributed by atoms with Gasteiger partial charge in [0.25, 0.3) is 0 Å². The molecule has 0 radical (unpaired) electrons. The molecule has 2 nitrogen and oxygen atoms in total. The first-order valence-electron chi connectivity index (χ1n) is 4.17. The molecule has 0 spiro atoms. The van der Waals surface area contributed by atoms with Gasteiger partial charge >= 0.3 is 0 Å². The van der Waals surface area contributed by atoms with E-state index in [1.807, 2.05) is 31.3 Å². The molecular weight excluding hydrogens is 162 g/mol. The van der Waals surface area contributed by atoms with Crippen molar-refractivity contribution in [1.82, 2.24) is 0 Å². The summed E-state index contributed by atoms with van der Waals surface area (Å²) >= 11 is 0. The molecule has 1 N–H and O–H groups in total. The zero-order valence-electron chi connectivity index (χ0n) is 7.92. The normalized spacial score (nSPS) is 8.46. The topological polar surface area (TPSA) is 21.3 Å². The molecule has 68 valence electrons. The van der Waals surface area contributed by atoms with E-state index in [9.17, 15) is 0 Å². The molecule has 1 rings (SSSR count). The minimum absolute atomic E-state index is 0.448. The van der Waals surface area contributed by atoms with E-state index in [1.54, 1.807) is 6.92 Å². The Bertz CT molecular complexity index is 322. The second-order valence-electron chi connectivity index (χ2n) is 2.49. The van der Waals surface area contributed by atoms with E-state index in [0.29, 0.717) is 6.61 Å². The Labute approximate surface area is 78.9 Å². The molecule has 0 amide bonds. The standard InChI is InChI=1S/C11H13NO/c1-3-4-8-13-11-7-5-6-10(9-11)12-2/h5-7,9,12H,8H2,1-2H3. The summed E-state index contributed by atoms with van der Waals surface area (Å²) in [5.41, 5.74) is 1.04. The van der Waals surface area contributed by atoms with Crippen LogP contribution in [0.4, 0.5) is 5.69 Å². The Hall–Kier alpha value is -1.62. The molecule has 0 aromatic heterocycles. The zero-order valence-corrected chi connectivity index (χ0v) is 7.92. The van der Waals surface area contributed by atoms with Gasteiger partial charge in [-0.15, -0.1) is 5.92 Å². The third-order valence-electron chi connectivity index (χ3n) is 1.61. The number of ether oxygens (including phenoxy) is 1. The lowest BCUT2D eigenvalue weighted by atomic mass is 10.3. The molecular formula is C11H13NO. The highest BCUT2D eigenvalue weighted by Crippen LogP contribution is 2.16. The number of nitrogens with one attached hydrogen (secondary N) is 1. The number of benzene rings is 1. The number of hydrogen-bond acceptors (Lipinski definition) is 2. The third-order valence-corrected chi connectivity index (χ3v) is 1.61. The minimum Gasteiger partial charge on any atom is -0.481 e. The van der Waals surface area contributed by atoms with Crippen LogP contribution in [-0.2, 0) is 0 Å². The van der Waals surface area contributed by atoms with Crippen molar-refractivity contribution in [3.8, 4) is 17.6 Å². The van der Waals surface area contributed by atoms with Gasteiger partial charge < -0.3 is 10.1 Å². The minimum atomic E-state index is 0.448. The van der Waals surface area contributed by atoms with Crippen LogP contribution in [0.25, 0.3) is 0 Å². The fourth-order valence-corrected chi connectivity index (χ4v) is 0.933. The molecule has 1 aromatic rings. The first-order chi connectivity index (χ1) is 6.36. The SMILES string of the molecule is CC#CCOc1cccc(NC)c1. The maximum absolute atomic E-state index is 5.38. The summed E-state index contributed by atoms with van der Waals surface area (Å²) in [7, 11) is 1.88. The van der Waals surface area contributed by atoms with Crippen LogP contribution in [0.15, 0.2) is 24.3 Å². The first-order valence-corrected chi connectivity index (χ1v) is 4.17. The van der Waals surface area contributed by atoms with Gasteiger partial charge in [0.2, 0.25) is 0 Å². The Balaban J connectivity index is 2.59. The Morgan fingerprint density at radius 1 is 1.46 bits per heavy atom. The Kier molecular flexibility index (Phi) is 3.72. The second-order valence-corrected chi connectivity index (χ2v) is 2.49. The van der Waals surface area contributed by atoms with Crippen molar-refractivity contribution in [2.75, 3.05) is 19.0 Å². The molecule has 0 saturated heterocycles. The summed E-state index contributed by atoms with van der Waals surface area (Å²) in [6, 6.07) is 7.79. The summed E-state index contributed by atoms with van der Waals surface area (Å²) < 4.78 is 5.38. The van der Waals surface area contributed by atoms with Gasteiger partial charge in [-0.1, -0.05) is 12.0 Å².